The Morgan fingerprint density at radius 1 is 1.57 bits per heavy atom. The molecule has 1 atom stereocenters. The number of aromatic nitrogens is 1. The van der Waals surface area contributed by atoms with E-state index in [2.05, 4.69) is 28.9 Å². The fraction of sp³-hybridized carbons (Fsp3) is 0.417. The summed E-state index contributed by atoms with van der Waals surface area (Å²) in [6.45, 7) is 1.17. The van der Waals surface area contributed by atoms with Gasteiger partial charge in [-0.25, -0.2) is 0 Å². The van der Waals surface area contributed by atoms with E-state index in [9.17, 15) is 0 Å². The Kier molecular flexibility index (Phi) is 2.51. The molecule has 0 bridgehead atoms. The first-order valence-electron chi connectivity index (χ1n) is 4.93. The largest absolute Gasteiger partial charge is 0.299 e. The van der Waals surface area contributed by atoms with E-state index in [0.29, 0.717) is 6.04 Å². The zero-order chi connectivity index (χ0) is 9.97. The molecule has 2 heterocycles. The van der Waals surface area contributed by atoms with Gasteiger partial charge in [0.05, 0.1) is 0 Å². The van der Waals surface area contributed by atoms with Gasteiger partial charge in [-0.3, -0.25) is 9.88 Å². The highest BCUT2D eigenvalue weighted by Gasteiger charge is 2.22. The molecule has 2 nitrogen and oxygen atoms in total. The predicted octanol–water partition coefficient (Wildman–Crippen LogP) is 1.83. The van der Waals surface area contributed by atoms with Gasteiger partial charge in [-0.2, -0.15) is 0 Å². The third kappa shape index (κ3) is 1.64. The average Bonchev–Trinajstić information content (AvgIpc) is 2.65. The van der Waals surface area contributed by atoms with Crippen LogP contribution >= 0.6 is 0 Å². The Labute approximate surface area is 85.0 Å². The molecule has 1 aliphatic rings. The van der Waals surface area contributed by atoms with E-state index in [1.54, 1.807) is 6.20 Å². The van der Waals surface area contributed by atoms with E-state index in [4.69, 9.17) is 6.42 Å². The second-order valence-electron chi connectivity index (χ2n) is 3.79. The molecule has 2 rings (SSSR count). The summed E-state index contributed by atoms with van der Waals surface area (Å²) >= 11 is 0. The Morgan fingerprint density at radius 2 is 2.43 bits per heavy atom. The molecular weight excluding hydrogens is 172 g/mol. The molecule has 0 spiro atoms. The summed E-state index contributed by atoms with van der Waals surface area (Å²) in [6, 6.07) is 2.58. The quantitative estimate of drug-likeness (QED) is 0.622. The Balaban J connectivity index is 2.28. The summed E-state index contributed by atoms with van der Waals surface area (Å²) in [5.74, 6) is 2.62. The van der Waals surface area contributed by atoms with Crippen LogP contribution in [0.2, 0.25) is 0 Å². The lowest BCUT2D eigenvalue weighted by atomic mass is 10.1. The van der Waals surface area contributed by atoms with Gasteiger partial charge in [0.2, 0.25) is 0 Å². The van der Waals surface area contributed by atoms with E-state index >= 15 is 0 Å². The average molecular weight is 186 g/mol. The summed E-state index contributed by atoms with van der Waals surface area (Å²) in [6.07, 6.45) is 11.5. The van der Waals surface area contributed by atoms with Gasteiger partial charge < -0.3 is 0 Å². The highest BCUT2D eigenvalue weighted by molar-refractivity contribution is 5.33. The maximum atomic E-state index is 5.35. The van der Waals surface area contributed by atoms with Crippen LogP contribution in [0.25, 0.3) is 0 Å². The number of likely N-dealkylation sites (tertiary alicyclic amines) is 1. The van der Waals surface area contributed by atoms with Crippen molar-refractivity contribution >= 4 is 0 Å². The molecule has 0 saturated carbocycles. The third-order valence-electron chi connectivity index (χ3n) is 2.83. The third-order valence-corrected chi connectivity index (χ3v) is 2.83. The van der Waals surface area contributed by atoms with Crippen LogP contribution in [-0.4, -0.2) is 23.5 Å². The predicted molar refractivity (Wildman–Crippen MR) is 56.8 cm³/mol. The fourth-order valence-corrected chi connectivity index (χ4v) is 2.05. The van der Waals surface area contributed by atoms with E-state index < -0.39 is 0 Å². The van der Waals surface area contributed by atoms with Crippen molar-refractivity contribution in [2.24, 2.45) is 0 Å². The van der Waals surface area contributed by atoms with E-state index in [-0.39, 0.29) is 0 Å². The lowest BCUT2D eigenvalue weighted by molar-refractivity contribution is 0.317. The van der Waals surface area contributed by atoms with Crippen LogP contribution < -0.4 is 0 Å². The fourth-order valence-electron chi connectivity index (χ4n) is 2.05. The Hall–Kier alpha value is -1.33. The molecule has 0 unspecified atom stereocenters. The summed E-state index contributed by atoms with van der Waals surface area (Å²) in [5, 5.41) is 0. The highest BCUT2D eigenvalue weighted by atomic mass is 15.1. The second kappa shape index (κ2) is 3.81. The molecule has 0 amide bonds. The van der Waals surface area contributed by atoms with Crippen LogP contribution in [0.4, 0.5) is 0 Å². The maximum absolute atomic E-state index is 5.35. The first-order valence-corrected chi connectivity index (χ1v) is 4.93. The van der Waals surface area contributed by atoms with Gasteiger partial charge in [0, 0.05) is 24.0 Å². The van der Waals surface area contributed by atoms with Crippen LogP contribution in [0.15, 0.2) is 18.5 Å². The summed E-state index contributed by atoms with van der Waals surface area (Å²) < 4.78 is 0. The van der Waals surface area contributed by atoms with E-state index in [0.717, 1.165) is 5.56 Å². The molecule has 1 aromatic rings. The van der Waals surface area contributed by atoms with Gasteiger partial charge >= 0.3 is 0 Å². The topological polar surface area (TPSA) is 16.1 Å². The smallest absolute Gasteiger partial charge is 0.0429 e. The Bertz CT molecular complexity index is 365. The van der Waals surface area contributed by atoms with Crippen LogP contribution in [0.1, 0.15) is 30.0 Å². The zero-order valence-corrected chi connectivity index (χ0v) is 8.40. The summed E-state index contributed by atoms with van der Waals surface area (Å²) in [4.78, 5) is 6.52. The lowest BCUT2D eigenvalue weighted by Gasteiger charge is -2.19. The number of pyridine rings is 1. The van der Waals surface area contributed by atoms with Crippen LogP contribution in [0, 0.1) is 12.3 Å². The van der Waals surface area contributed by atoms with Crippen molar-refractivity contribution in [2.75, 3.05) is 13.6 Å². The van der Waals surface area contributed by atoms with Gasteiger partial charge in [0.1, 0.15) is 0 Å². The molecule has 0 N–H and O–H groups in total. The van der Waals surface area contributed by atoms with Crippen LogP contribution in [-0.2, 0) is 0 Å². The zero-order valence-electron chi connectivity index (χ0n) is 8.40. The molecule has 1 aliphatic heterocycles. The standard InChI is InChI=1S/C12H14N2/c1-3-10-7-11(9-13-8-10)12-5-4-6-14(12)2/h1,7-9,12H,4-6H2,2H3/t12-/m1/s1. The molecule has 0 aliphatic carbocycles. The van der Waals surface area contributed by atoms with Crippen LogP contribution in [0.3, 0.4) is 0 Å². The Morgan fingerprint density at radius 3 is 3.07 bits per heavy atom. The van der Waals surface area contributed by atoms with Crippen LogP contribution in [0.5, 0.6) is 0 Å². The molecule has 0 aromatic carbocycles. The van der Waals surface area contributed by atoms with E-state index in [1.807, 2.05) is 6.20 Å². The molecule has 1 fully saturated rings. The minimum absolute atomic E-state index is 0.510. The lowest BCUT2D eigenvalue weighted by Crippen LogP contribution is -2.17. The van der Waals surface area contributed by atoms with Crippen molar-refractivity contribution in [1.29, 1.82) is 0 Å². The molecular formula is C12H14N2. The van der Waals surface area contributed by atoms with Gasteiger partial charge in [-0.05, 0) is 38.1 Å². The highest BCUT2D eigenvalue weighted by Crippen LogP contribution is 2.29. The van der Waals surface area contributed by atoms with Crippen molar-refractivity contribution in [3.8, 4) is 12.3 Å². The molecule has 1 aromatic heterocycles. The molecule has 14 heavy (non-hydrogen) atoms. The van der Waals surface area contributed by atoms with Crippen molar-refractivity contribution in [2.45, 2.75) is 18.9 Å². The van der Waals surface area contributed by atoms with Gasteiger partial charge in [0.15, 0.2) is 0 Å². The van der Waals surface area contributed by atoms with Crippen molar-refractivity contribution in [3.05, 3.63) is 29.6 Å². The van der Waals surface area contributed by atoms with E-state index in [1.165, 1.54) is 24.9 Å². The summed E-state index contributed by atoms with van der Waals surface area (Å²) in [5.41, 5.74) is 2.13. The minimum atomic E-state index is 0.510. The van der Waals surface area contributed by atoms with Gasteiger partial charge in [-0.15, -0.1) is 6.42 Å². The minimum Gasteiger partial charge on any atom is -0.299 e. The number of rotatable bonds is 1. The SMILES string of the molecule is C#Cc1cncc([C@H]2CCCN2C)c1. The first kappa shape index (κ1) is 9.23. The van der Waals surface area contributed by atoms with Crippen molar-refractivity contribution < 1.29 is 0 Å². The molecule has 0 radical (unpaired) electrons. The molecule has 72 valence electrons. The normalized spacial score (nSPS) is 22.1. The van der Waals surface area contributed by atoms with Crippen molar-refractivity contribution in [1.82, 2.24) is 9.88 Å². The first-order chi connectivity index (χ1) is 6.81. The second-order valence-corrected chi connectivity index (χ2v) is 3.79. The monoisotopic (exact) mass is 186 g/mol. The number of hydrogen-bond donors (Lipinski definition) is 0. The number of terminal acetylenes is 1. The maximum Gasteiger partial charge on any atom is 0.0429 e. The van der Waals surface area contributed by atoms with Gasteiger partial charge in [-0.1, -0.05) is 5.92 Å². The molecule has 1 saturated heterocycles. The molecule has 2 heteroatoms. The van der Waals surface area contributed by atoms with Crippen molar-refractivity contribution in [3.63, 3.8) is 0 Å². The summed E-state index contributed by atoms with van der Waals surface area (Å²) in [7, 11) is 2.15. The number of nitrogens with zero attached hydrogens (tertiary/aromatic N) is 2. The van der Waals surface area contributed by atoms with Gasteiger partial charge in [0.25, 0.3) is 0 Å². The number of hydrogen-bond acceptors (Lipinski definition) is 2.